The van der Waals surface area contributed by atoms with Gasteiger partial charge in [0.15, 0.2) is 0 Å². The molecule has 0 bridgehead atoms. The highest BCUT2D eigenvalue weighted by atomic mass is 24.3. The molecule has 0 fully saturated rings. The molecule has 0 aromatic heterocycles. The lowest BCUT2D eigenvalue weighted by Crippen LogP contribution is -1.56. The molecule has 0 aliphatic heterocycles. The summed E-state index contributed by atoms with van der Waals surface area (Å²) in [5.74, 6) is 0.322. The number of aromatic hydroxyl groups is 1. The molecule has 0 radical (unpaired) electrons. The third-order valence-corrected chi connectivity index (χ3v) is 0.756. The molecular weight excluding hydrogens is 140 g/mol. The highest BCUT2D eigenvalue weighted by molar-refractivity contribution is 5.75. The number of rotatable bonds is 0. The molecule has 0 atom stereocenters. The molecule has 0 heterocycles. The van der Waals surface area contributed by atoms with Gasteiger partial charge in [0.05, 0.1) is 0 Å². The van der Waals surface area contributed by atoms with Crippen LogP contribution in [0.2, 0.25) is 0 Å². The van der Waals surface area contributed by atoms with Gasteiger partial charge in [-0.15, -0.1) is 0 Å². The molecule has 3 heteroatoms. The maximum atomic E-state index is 8.63. The fourth-order valence-electron chi connectivity index (χ4n) is 0.428. The third-order valence-electron chi connectivity index (χ3n) is 0.756. The zero-order valence-corrected chi connectivity index (χ0v) is 4.95. The number of para-hydroxylation sites is 1. The van der Waals surface area contributed by atoms with Crippen LogP contribution in [0.1, 0.15) is 0 Å². The number of phenols is 1. The highest BCUT2D eigenvalue weighted by Crippen LogP contribution is 2.02. The van der Waals surface area contributed by atoms with Crippen LogP contribution in [0.3, 0.4) is 0 Å². The predicted molar refractivity (Wildman–Crippen MR) is 43.8 cm³/mol. The Morgan fingerprint density at radius 2 is 1.50 bits per heavy atom. The standard InChI is InChI=1S/C6H6O.CH2O.Mg.2H/c7-6-4-2-1-3-5-6;1-2;;;/h1-5,7H;1H2;;;. The molecule has 1 aromatic rings. The van der Waals surface area contributed by atoms with Crippen molar-refractivity contribution in [1.29, 1.82) is 0 Å². The van der Waals surface area contributed by atoms with Gasteiger partial charge >= 0.3 is 23.1 Å². The van der Waals surface area contributed by atoms with Crippen molar-refractivity contribution in [3.05, 3.63) is 30.3 Å². The number of hydrogen-bond donors (Lipinski definition) is 1. The second-order valence-electron chi connectivity index (χ2n) is 1.34. The summed E-state index contributed by atoms with van der Waals surface area (Å²) in [5.41, 5.74) is 0. The van der Waals surface area contributed by atoms with Crippen molar-refractivity contribution >= 4 is 29.8 Å². The van der Waals surface area contributed by atoms with Crippen molar-refractivity contribution in [2.75, 3.05) is 0 Å². The van der Waals surface area contributed by atoms with E-state index in [0.717, 1.165) is 0 Å². The van der Waals surface area contributed by atoms with Gasteiger partial charge in [-0.05, 0) is 12.1 Å². The van der Waals surface area contributed by atoms with E-state index in [0.29, 0.717) is 5.75 Å². The average Bonchev–Trinajstić information content (AvgIpc) is 1.94. The van der Waals surface area contributed by atoms with Crippen molar-refractivity contribution in [3.8, 4) is 5.75 Å². The van der Waals surface area contributed by atoms with Crippen LogP contribution < -0.4 is 0 Å². The van der Waals surface area contributed by atoms with Crippen LogP contribution in [0.5, 0.6) is 5.75 Å². The lowest BCUT2D eigenvalue weighted by atomic mass is 10.3. The monoisotopic (exact) mass is 150 g/mol. The van der Waals surface area contributed by atoms with E-state index >= 15 is 0 Å². The van der Waals surface area contributed by atoms with Crippen LogP contribution in [0.4, 0.5) is 0 Å². The van der Waals surface area contributed by atoms with Crippen molar-refractivity contribution < 1.29 is 9.90 Å². The first kappa shape index (κ1) is 12.2. The normalized spacial score (nSPS) is 6.40. The number of phenolic OH excluding ortho intramolecular Hbond substituents is 1. The van der Waals surface area contributed by atoms with Crippen molar-refractivity contribution in [3.63, 3.8) is 0 Å². The molecule has 0 saturated carbocycles. The molecule has 0 saturated heterocycles. The van der Waals surface area contributed by atoms with Crippen LogP contribution in [-0.2, 0) is 4.79 Å². The van der Waals surface area contributed by atoms with Crippen LogP contribution in [0.15, 0.2) is 30.3 Å². The summed E-state index contributed by atoms with van der Waals surface area (Å²) in [5, 5.41) is 8.63. The first-order valence-corrected chi connectivity index (χ1v) is 2.42. The van der Waals surface area contributed by atoms with Crippen LogP contribution in [0, 0.1) is 0 Å². The lowest BCUT2D eigenvalue weighted by Gasteiger charge is -1.82. The first-order valence-electron chi connectivity index (χ1n) is 2.42. The largest absolute Gasteiger partial charge is 0.508 e. The second-order valence-corrected chi connectivity index (χ2v) is 1.34. The summed E-state index contributed by atoms with van der Waals surface area (Å²) in [6, 6.07) is 8.71. The molecular formula is C7H10MgO2. The fourth-order valence-corrected chi connectivity index (χ4v) is 0.428. The Hall–Kier alpha value is -0.544. The first-order chi connectivity index (χ1) is 4.39. The molecule has 2 nitrogen and oxygen atoms in total. The Morgan fingerprint density at radius 1 is 1.10 bits per heavy atom. The van der Waals surface area contributed by atoms with Crippen LogP contribution in [0.25, 0.3) is 0 Å². The minimum Gasteiger partial charge on any atom is -0.508 e. The van der Waals surface area contributed by atoms with Gasteiger partial charge in [0, 0.05) is 0 Å². The summed E-state index contributed by atoms with van der Waals surface area (Å²) >= 11 is 0. The molecule has 1 N–H and O–H groups in total. The quantitative estimate of drug-likeness (QED) is 0.540. The fraction of sp³-hybridized carbons (Fsp3) is 0. The van der Waals surface area contributed by atoms with E-state index in [1.165, 1.54) is 0 Å². The molecule has 0 unspecified atom stereocenters. The molecule has 0 aliphatic rings. The third kappa shape index (κ3) is 5.59. The Balaban J connectivity index is 0. The Labute approximate surface area is 76.0 Å². The number of carbonyl (C=O) groups excluding carboxylic acids is 1. The zero-order chi connectivity index (χ0) is 7.11. The maximum Gasteiger partial charge on any atom is 0.316 e. The molecule has 0 amide bonds. The Morgan fingerprint density at radius 3 is 1.70 bits per heavy atom. The smallest absolute Gasteiger partial charge is 0.316 e. The van der Waals surface area contributed by atoms with Gasteiger partial charge in [-0.3, -0.25) is 0 Å². The van der Waals surface area contributed by atoms with Gasteiger partial charge < -0.3 is 9.90 Å². The van der Waals surface area contributed by atoms with Gasteiger partial charge in [0.2, 0.25) is 0 Å². The molecule has 10 heavy (non-hydrogen) atoms. The van der Waals surface area contributed by atoms with Crippen molar-refractivity contribution in [2.45, 2.75) is 0 Å². The van der Waals surface area contributed by atoms with E-state index in [9.17, 15) is 0 Å². The Kier molecular flexibility index (Phi) is 10.3. The summed E-state index contributed by atoms with van der Waals surface area (Å²) in [4.78, 5) is 8.00. The molecule has 1 rings (SSSR count). The molecule has 52 valence electrons. The van der Waals surface area contributed by atoms with Gasteiger partial charge in [-0.2, -0.15) is 0 Å². The summed E-state index contributed by atoms with van der Waals surface area (Å²) in [6.07, 6.45) is 0. The second kappa shape index (κ2) is 8.46. The van der Waals surface area contributed by atoms with Gasteiger partial charge in [0.1, 0.15) is 12.5 Å². The number of carbonyl (C=O) groups is 1. The maximum absolute atomic E-state index is 8.63. The van der Waals surface area contributed by atoms with E-state index in [4.69, 9.17) is 9.90 Å². The van der Waals surface area contributed by atoms with E-state index in [1.807, 2.05) is 12.9 Å². The van der Waals surface area contributed by atoms with E-state index in [-0.39, 0.29) is 23.1 Å². The van der Waals surface area contributed by atoms with Crippen molar-refractivity contribution in [1.82, 2.24) is 0 Å². The van der Waals surface area contributed by atoms with Gasteiger partial charge in [-0.1, -0.05) is 18.2 Å². The number of benzene rings is 1. The predicted octanol–water partition coefficient (Wildman–Crippen LogP) is 0.291. The van der Waals surface area contributed by atoms with Crippen LogP contribution in [-0.4, -0.2) is 34.9 Å². The lowest BCUT2D eigenvalue weighted by molar-refractivity contribution is -0.0979. The van der Waals surface area contributed by atoms with Crippen molar-refractivity contribution in [2.24, 2.45) is 0 Å². The average molecular weight is 150 g/mol. The van der Waals surface area contributed by atoms with Gasteiger partial charge in [0.25, 0.3) is 0 Å². The topological polar surface area (TPSA) is 37.3 Å². The zero-order valence-electron chi connectivity index (χ0n) is 4.95. The minimum atomic E-state index is 0. The molecule has 0 spiro atoms. The summed E-state index contributed by atoms with van der Waals surface area (Å²) in [6.45, 7) is 2.00. The van der Waals surface area contributed by atoms with E-state index < -0.39 is 0 Å². The molecule has 0 aliphatic carbocycles. The SMILES string of the molecule is C=O.Oc1ccccc1.[MgH2]. The minimum absolute atomic E-state index is 0. The van der Waals surface area contributed by atoms with E-state index in [2.05, 4.69) is 0 Å². The molecule has 1 aromatic carbocycles. The highest BCUT2D eigenvalue weighted by Gasteiger charge is 1.74. The number of hydrogen-bond acceptors (Lipinski definition) is 2. The van der Waals surface area contributed by atoms with Crippen LogP contribution >= 0.6 is 0 Å². The summed E-state index contributed by atoms with van der Waals surface area (Å²) < 4.78 is 0. The van der Waals surface area contributed by atoms with E-state index in [1.54, 1.807) is 24.3 Å². The summed E-state index contributed by atoms with van der Waals surface area (Å²) in [7, 11) is 0. The van der Waals surface area contributed by atoms with Gasteiger partial charge in [-0.25, -0.2) is 0 Å². The Bertz CT molecular complexity index is 153.